The maximum Gasteiger partial charge on any atom is 1.00 e. The number of azo groups is 1. The largest absolute Gasteiger partial charge is 1.00 e. The molecule has 228 valence electrons. The number of carbonyl (C=O) groups excluding carboxylic acids is 1. The molecule has 3 aromatic rings. The number of nitrogens with zero attached hydrogens (tertiary/aromatic N) is 2. The molecule has 25 heteroatoms. The molecule has 0 atom stereocenters. The zero-order valence-electron chi connectivity index (χ0n) is 23.6. The van der Waals surface area contributed by atoms with Crippen LogP contribution in [0.2, 0.25) is 0 Å². The van der Waals surface area contributed by atoms with E-state index < -0.39 is 113 Å². The number of benzene rings is 3. The molecule has 0 radical (unpaired) electrons. The first kappa shape index (κ1) is 44.2. The van der Waals surface area contributed by atoms with Gasteiger partial charge in [-0.1, -0.05) is 0 Å². The fourth-order valence-electron chi connectivity index (χ4n) is 3.43. The third-order valence-corrected chi connectivity index (χ3v) is 8.93. The van der Waals surface area contributed by atoms with Crippen molar-refractivity contribution in [1.29, 1.82) is 0 Å². The van der Waals surface area contributed by atoms with Crippen molar-refractivity contribution >= 4 is 74.2 Å². The number of sulfone groups is 1. The summed E-state index contributed by atoms with van der Waals surface area (Å²) < 4.78 is 131. The summed E-state index contributed by atoms with van der Waals surface area (Å²) in [4.78, 5) is 8.89. The summed E-state index contributed by atoms with van der Waals surface area (Å²) in [6.07, 6.45) is 0. The molecule has 3 N–H and O–H groups in total. The van der Waals surface area contributed by atoms with Crippen LogP contribution in [0.1, 0.15) is 6.92 Å². The smallest absolute Gasteiger partial charge is 0.744 e. The first-order valence-corrected chi connectivity index (χ1v) is 16.5. The Kier molecular flexibility index (Phi) is 16.3. The molecule has 18 nitrogen and oxygen atoms in total. The van der Waals surface area contributed by atoms with Gasteiger partial charge in [0.15, 0.2) is 15.6 Å². The Morgan fingerprint density at radius 2 is 1.44 bits per heavy atom. The molecule has 45 heavy (non-hydrogen) atoms. The molecule has 0 aliphatic carbocycles. The summed E-state index contributed by atoms with van der Waals surface area (Å²) in [5.41, 5.74) is -2.05. The van der Waals surface area contributed by atoms with Gasteiger partial charge in [-0.2, -0.15) is 0 Å². The number of aromatic hydroxyl groups is 2. The summed E-state index contributed by atoms with van der Waals surface area (Å²) in [7, 11) is -20.1. The Morgan fingerprint density at radius 1 is 0.844 bits per heavy atom. The monoisotopic (exact) mass is 735 g/mol. The molecule has 0 bridgehead atoms. The van der Waals surface area contributed by atoms with Crippen molar-refractivity contribution in [3.63, 3.8) is 0 Å². The standard InChI is InChI=1S/C20H19N3O15S4.3Na/c1-10(24)21-15-8-13(40(29,30)31)6-11-7-17(41(32,33)34)19(20(26)18(11)15)23-22-14-3-2-12(9-16(14)25)39(27,28)5-4-38-42(35,36)37;;;/h2-3,6-9,25-26H,4-5H2,1H3,(H,21,24)(H,29,30,31)(H,32,33,34)(H,35,36,37);;;/q;3*+1/p-3. The molecule has 0 aromatic heterocycles. The van der Waals surface area contributed by atoms with Crippen LogP contribution < -0.4 is 94.0 Å². The number of nitrogens with one attached hydrogen (secondary N) is 1. The van der Waals surface area contributed by atoms with Gasteiger partial charge in [-0.05, 0) is 35.7 Å². The van der Waals surface area contributed by atoms with E-state index in [1.165, 1.54) is 0 Å². The van der Waals surface area contributed by atoms with Crippen LogP contribution in [0.5, 0.6) is 11.5 Å². The molecule has 0 saturated heterocycles. The minimum atomic E-state index is -5.49. The van der Waals surface area contributed by atoms with E-state index in [4.69, 9.17) is 0 Å². The third-order valence-electron chi connectivity index (χ3n) is 5.14. The molecular weight excluding hydrogens is 719 g/mol. The average molecular weight is 736 g/mol. The number of phenolic OH excluding ortho intramolecular Hbond substituents is 2. The van der Waals surface area contributed by atoms with Gasteiger partial charge in [-0.15, -0.1) is 10.2 Å². The molecule has 0 spiro atoms. The molecule has 3 aromatic carbocycles. The summed E-state index contributed by atoms with van der Waals surface area (Å²) in [5.74, 6) is -3.78. The Bertz CT molecular complexity index is 2090. The van der Waals surface area contributed by atoms with E-state index in [2.05, 4.69) is 19.7 Å². The van der Waals surface area contributed by atoms with Crippen LogP contribution in [0.3, 0.4) is 0 Å². The van der Waals surface area contributed by atoms with E-state index in [0.717, 1.165) is 19.1 Å². The van der Waals surface area contributed by atoms with Crippen LogP contribution in [-0.4, -0.2) is 75.8 Å². The average Bonchev–Trinajstić information content (AvgIpc) is 2.81. The van der Waals surface area contributed by atoms with Gasteiger partial charge in [-0.25, -0.2) is 33.7 Å². The van der Waals surface area contributed by atoms with E-state index >= 15 is 0 Å². The summed E-state index contributed by atoms with van der Waals surface area (Å²) in [5, 5.41) is 29.3. The molecular formula is C20H16N3Na3O15S4. The van der Waals surface area contributed by atoms with Gasteiger partial charge in [0.2, 0.25) is 16.3 Å². The van der Waals surface area contributed by atoms with Crippen LogP contribution in [0, 0.1) is 0 Å². The minimum Gasteiger partial charge on any atom is -0.744 e. The van der Waals surface area contributed by atoms with Crippen molar-refractivity contribution in [2.45, 2.75) is 21.6 Å². The first-order chi connectivity index (χ1) is 19.1. The summed E-state index contributed by atoms with van der Waals surface area (Å²) in [6.45, 7) is -0.0312. The number of hydrogen-bond acceptors (Lipinski definition) is 17. The number of rotatable bonds is 10. The van der Waals surface area contributed by atoms with Crippen LogP contribution in [0.15, 0.2) is 61.3 Å². The normalized spacial score (nSPS) is 12.2. The predicted molar refractivity (Wildman–Crippen MR) is 136 cm³/mol. The minimum absolute atomic E-state index is 0. The Hall–Kier alpha value is -0.770. The number of hydrogen-bond donors (Lipinski definition) is 3. The van der Waals surface area contributed by atoms with Crippen LogP contribution in [0.25, 0.3) is 10.8 Å². The van der Waals surface area contributed by atoms with Crippen molar-refractivity contribution in [1.82, 2.24) is 0 Å². The number of phenols is 2. The number of fused-ring (bicyclic) bond motifs is 1. The number of amides is 1. The summed E-state index contributed by atoms with van der Waals surface area (Å²) >= 11 is 0. The van der Waals surface area contributed by atoms with Gasteiger partial charge in [0.05, 0.1) is 32.7 Å². The van der Waals surface area contributed by atoms with Crippen LogP contribution in [0.4, 0.5) is 17.1 Å². The van der Waals surface area contributed by atoms with Gasteiger partial charge >= 0.3 is 88.7 Å². The van der Waals surface area contributed by atoms with Crippen LogP contribution >= 0.6 is 0 Å². The quantitative estimate of drug-likeness (QED) is 0.0754. The molecule has 1 amide bonds. The van der Waals surface area contributed by atoms with E-state index in [-0.39, 0.29) is 88.7 Å². The maximum absolute atomic E-state index is 12.3. The second-order valence-corrected chi connectivity index (χ2v) is 14.0. The maximum atomic E-state index is 12.3. The van der Waals surface area contributed by atoms with Gasteiger partial charge in [-0.3, -0.25) is 8.98 Å². The zero-order valence-corrected chi connectivity index (χ0v) is 32.9. The zero-order chi connectivity index (χ0) is 31.8. The van der Waals surface area contributed by atoms with Crippen molar-refractivity contribution in [3.8, 4) is 11.5 Å². The number of anilines is 1. The molecule has 3 rings (SSSR count). The fraction of sp³-hybridized carbons (Fsp3) is 0.150. The molecule has 0 aliphatic rings. The van der Waals surface area contributed by atoms with Crippen molar-refractivity contribution in [3.05, 3.63) is 36.4 Å². The number of carbonyl (C=O) groups is 1. The van der Waals surface area contributed by atoms with Crippen molar-refractivity contribution in [2.75, 3.05) is 17.7 Å². The molecule has 0 aliphatic heterocycles. The van der Waals surface area contributed by atoms with E-state index in [9.17, 15) is 62.3 Å². The summed E-state index contributed by atoms with van der Waals surface area (Å²) in [6, 6.07) is 4.22. The van der Waals surface area contributed by atoms with Gasteiger partial charge in [0, 0.05) is 18.4 Å². The van der Waals surface area contributed by atoms with E-state index in [0.29, 0.717) is 24.3 Å². The predicted octanol–water partition coefficient (Wildman–Crippen LogP) is -8.30. The molecule has 0 heterocycles. The van der Waals surface area contributed by atoms with Gasteiger partial charge < -0.3 is 29.2 Å². The van der Waals surface area contributed by atoms with E-state index in [1.807, 2.05) is 0 Å². The van der Waals surface area contributed by atoms with Crippen LogP contribution in [-0.2, 0) is 49.5 Å². The second kappa shape index (κ2) is 16.6. The molecule has 0 unspecified atom stereocenters. The Balaban J connectivity index is 0.00000645. The Morgan fingerprint density at radius 3 is 1.93 bits per heavy atom. The molecule has 0 saturated carbocycles. The first-order valence-electron chi connectivity index (χ1n) is 10.7. The second-order valence-electron chi connectivity index (χ2n) is 8.13. The SMILES string of the molecule is CC(=O)Nc1cc(S(=O)(=O)[O-])cc2cc(S(=O)(=O)[O-])c(N=Nc3ccc(S(=O)(=O)CCOS(=O)(=O)[O-])cc3O)c(O)c12.[Na+].[Na+].[Na+]. The third kappa shape index (κ3) is 11.7. The van der Waals surface area contributed by atoms with Crippen molar-refractivity contribution in [2.24, 2.45) is 10.2 Å². The van der Waals surface area contributed by atoms with Gasteiger partial charge in [0.25, 0.3) is 0 Å². The van der Waals surface area contributed by atoms with Gasteiger partial charge in [0.1, 0.15) is 37.4 Å². The topological polar surface area (TPSA) is 309 Å². The fourth-order valence-corrected chi connectivity index (χ4v) is 6.11. The Labute approximate surface area is 322 Å². The molecule has 0 fully saturated rings. The van der Waals surface area contributed by atoms with E-state index in [1.54, 1.807) is 0 Å². The van der Waals surface area contributed by atoms with Crippen molar-refractivity contribution < 1.29 is 155 Å².